The number of hydrogen-bond acceptors (Lipinski definition) is 7. The van der Waals surface area contributed by atoms with Gasteiger partial charge in [0.25, 0.3) is 11.1 Å². The summed E-state index contributed by atoms with van der Waals surface area (Å²) in [6.45, 7) is 0.123. The van der Waals surface area contributed by atoms with Gasteiger partial charge in [0.15, 0.2) is 6.61 Å². The van der Waals surface area contributed by atoms with Crippen LogP contribution in [0.2, 0.25) is 5.02 Å². The first kappa shape index (κ1) is 19.1. The second kappa shape index (κ2) is 9.29. The van der Waals surface area contributed by atoms with Crippen LogP contribution in [0.5, 0.6) is 11.5 Å². The fourth-order valence-electron chi connectivity index (χ4n) is 2.05. The number of rotatable bonds is 8. The highest BCUT2D eigenvalue weighted by Crippen LogP contribution is 2.21. The number of ether oxygens (including phenoxy) is 2. The molecule has 0 aliphatic carbocycles. The molecule has 3 rings (SSSR count). The Kier molecular flexibility index (Phi) is 6.56. The average Bonchev–Trinajstić information content (AvgIpc) is 3.15. The van der Waals surface area contributed by atoms with Crippen molar-refractivity contribution in [3.63, 3.8) is 0 Å². The molecule has 0 spiro atoms. The predicted molar refractivity (Wildman–Crippen MR) is 102 cm³/mol. The molecular formula is C18H16ClN3O4S. The Morgan fingerprint density at radius 2 is 1.96 bits per heavy atom. The third-order valence-electron chi connectivity index (χ3n) is 3.31. The van der Waals surface area contributed by atoms with Gasteiger partial charge < -0.3 is 19.2 Å². The first-order chi connectivity index (χ1) is 13.1. The minimum absolute atomic E-state index is 0.123. The Bertz CT molecular complexity index is 902. The number of hydrogen-bond donors (Lipinski definition) is 1. The Balaban J connectivity index is 1.46. The van der Waals surface area contributed by atoms with E-state index in [0.717, 1.165) is 11.8 Å². The van der Waals surface area contributed by atoms with E-state index < -0.39 is 0 Å². The van der Waals surface area contributed by atoms with Gasteiger partial charge in [0.2, 0.25) is 5.91 Å². The van der Waals surface area contributed by atoms with Crippen molar-refractivity contribution in [2.24, 2.45) is 0 Å². The highest BCUT2D eigenvalue weighted by atomic mass is 35.5. The van der Waals surface area contributed by atoms with Crippen molar-refractivity contribution in [1.82, 2.24) is 10.2 Å². The summed E-state index contributed by atoms with van der Waals surface area (Å²) in [5, 5.41) is 11.5. The second-order valence-electron chi connectivity index (χ2n) is 5.27. The summed E-state index contributed by atoms with van der Waals surface area (Å²) in [4.78, 5) is 12.0. The Hall–Kier alpha value is -2.71. The van der Waals surface area contributed by atoms with Crippen LogP contribution in [0.4, 0.5) is 5.69 Å². The number of carbonyl (C=O) groups is 1. The number of nitrogens with zero attached hydrogens (tertiary/aromatic N) is 2. The normalized spacial score (nSPS) is 10.4. The van der Waals surface area contributed by atoms with E-state index in [1.165, 1.54) is 0 Å². The minimum atomic E-state index is -0.185. The molecule has 2 aromatic carbocycles. The van der Waals surface area contributed by atoms with Crippen LogP contribution in [0.1, 0.15) is 5.89 Å². The molecule has 9 heteroatoms. The molecule has 0 saturated carbocycles. The van der Waals surface area contributed by atoms with Gasteiger partial charge >= 0.3 is 0 Å². The largest absolute Gasteiger partial charge is 0.497 e. The van der Waals surface area contributed by atoms with E-state index in [1.54, 1.807) is 43.5 Å². The van der Waals surface area contributed by atoms with Crippen molar-refractivity contribution in [3.05, 3.63) is 59.4 Å². The first-order valence-corrected chi connectivity index (χ1v) is 9.26. The average molecular weight is 406 g/mol. The van der Waals surface area contributed by atoms with Crippen molar-refractivity contribution >= 4 is 35.0 Å². The molecule has 0 unspecified atom stereocenters. The van der Waals surface area contributed by atoms with Gasteiger partial charge in [-0.1, -0.05) is 29.4 Å². The number of methoxy groups -OCH3 is 1. The number of thioether (sulfide) groups is 1. The maximum Gasteiger partial charge on any atom is 0.277 e. The van der Waals surface area contributed by atoms with Crippen LogP contribution in [-0.4, -0.2) is 29.0 Å². The maximum absolute atomic E-state index is 12.0. The topological polar surface area (TPSA) is 86.5 Å². The van der Waals surface area contributed by atoms with Gasteiger partial charge in [-0.05, 0) is 36.4 Å². The highest BCUT2D eigenvalue weighted by molar-refractivity contribution is 7.99. The van der Waals surface area contributed by atoms with Gasteiger partial charge in [-0.15, -0.1) is 10.2 Å². The zero-order chi connectivity index (χ0) is 19.1. The monoisotopic (exact) mass is 405 g/mol. The summed E-state index contributed by atoms with van der Waals surface area (Å²) in [5.41, 5.74) is 0.669. The summed E-state index contributed by atoms with van der Waals surface area (Å²) in [5.74, 6) is 1.60. The van der Waals surface area contributed by atoms with E-state index in [-0.39, 0.29) is 18.3 Å². The van der Waals surface area contributed by atoms with Gasteiger partial charge in [0.1, 0.15) is 11.5 Å². The van der Waals surface area contributed by atoms with Crippen molar-refractivity contribution in [1.29, 1.82) is 0 Å². The number of aromatic nitrogens is 2. The summed E-state index contributed by atoms with van der Waals surface area (Å²) in [6.07, 6.45) is 0. The SMILES string of the molecule is COc1cccc(OCc2nnc(SCC(=O)Nc3ccc(Cl)cc3)o2)c1. The predicted octanol–water partition coefficient (Wildman–Crippen LogP) is 4.04. The van der Waals surface area contributed by atoms with Crippen LogP contribution in [0.15, 0.2) is 58.2 Å². The fourth-order valence-corrected chi connectivity index (χ4v) is 2.75. The second-order valence-corrected chi connectivity index (χ2v) is 6.64. The van der Waals surface area contributed by atoms with E-state index >= 15 is 0 Å². The third kappa shape index (κ3) is 5.90. The lowest BCUT2D eigenvalue weighted by atomic mass is 10.3. The van der Waals surface area contributed by atoms with E-state index in [2.05, 4.69) is 15.5 Å². The molecule has 0 saturated heterocycles. The lowest BCUT2D eigenvalue weighted by Crippen LogP contribution is -2.13. The number of carbonyl (C=O) groups excluding carboxylic acids is 1. The molecule has 1 heterocycles. The molecule has 0 fully saturated rings. The quantitative estimate of drug-likeness (QED) is 0.566. The summed E-state index contributed by atoms with van der Waals surface area (Å²) >= 11 is 6.96. The van der Waals surface area contributed by atoms with Crippen LogP contribution >= 0.6 is 23.4 Å². The molecule has 0 aliphatic rings. The number of halogens is 1. The number of benzene rings is 2. The Labute approximate surface area is 165 Å². The molecular weight excluding hydrogens is 390 g/mol. The fraction of sp³-hybridized carbons (Fsp3) is 0.167. The smallest absolute Gasteiger partial charge is 0.277 e. The number of amides is 1. The van der Waals surface area contributed by atoms with Crippen molar-refractivity contribution < 1.29 is 18.7 Å². The van der Waals surface area contributed by atoms with Gasteiger partial charge in [-0.25, -0.2) is 0 Å². The zero-order valence-corrected chi connectivity index (χ0v) is 15.9. The Morgan fingerprint density at radius 3 is 2.74 bits per heavy atom. The van der Waals surface area contributed by atoms with Crippen LogP contribution in [0, 0.1) is 0 Å². The van der Waals surface area contributed by atoms with Crippen molar-refractivity contribution in [2.75, 3.05) is 18.2 Å². The number of anilines is 1. The van der Waals surface area contributed by atoms with Crippen molar-refractivity contribution in [3.8, 4) is 11.5 Å². The summed E-state index contributed by atoms with van der Waals surface area (Å²) < 4.78 is 16.2. The highest BCUT2D eigenvalue weighted by Gasteiger charge is 2.11. The summed E-state index contributed by atoms with van der Waals surface area (Å²) in [7, 11) is 1.59. The third-order valence-corrected chi connectivity index (χ3v) is 4.38. The van der Waals surface area contributed by atoms with Gasteiger partial charge in [0, 0.05) is 16.8 Å². The molecule has 7 nitrogen and oxygen atoms in total. The molecule has 1 aromatic heterocycles. The van der Waals surface area contributed by atoms with Crippen LogP contribution < -0.4 is 14.8 Å². The van der Waals surface area contributed by atoms with E-state index in [9.17, 15) is 4.79 Å². The molecule has 0 atom stereocenters. The molecule has 0 bridgehead atoms. The first-order valence-electron chi connectivity index (χ1n) is 7.90. The molecule has 140 valence electrons. The molecule has 1 amide bonds. The van der Waals surface area contributed by atoms with E-state index in [4.69, 9.17) is 25.5 Å². The van der Waals surface area contributed by atoms with E-state index in [1.807, 2.05) is 12.1 Å². The Morgan fingerprint density at radius 1 is 1.19 bits per heavy atom. The van der Waals surface area contributed by atoms with Gasteiger partial charge in [-0.2, -0.15) is 0 Å². The molecule has 0 radical (unpaired) electrons. The van der Waals surface area contributed by atoms with Crippen LogP contribution in [-0.2, 0) is 11.4 Å². The van der Waals surface area contributed by atoms with Gasteiger partial charge in [-0.3, -0.25) is 4.79 Å². The van der Waals surface area contributed by atoms with E-state index in [0.29, 0.717) is 33.3 Å². The lowest BCUT2D eigenvalue weighted by Gasteiger charge is -2.05. The standard InChI is InChI=1S/C18H16ClN3O4S/c1-24-14-3-2-4-15(9-14)25-10-17-21-22-18(26-17)27-11-16(23)20-13-7-5-12(19)6-8-13/h2-9H,10-11H2,1H3,(H,20,23). The lowest BCUT2D eigenvalue weighted by molar-refractivity contribution is -0.113. The summed E-state index contributed by atoms with van der Waals surface area (Å²) in [6, 6.07) is 14.1. The minimum Gasteiger partial charge on any atom is -0.497 e. The molecule has 3 aromatic rings. The van der Waals surface area contributed by atoms with Crippen LogP contribution in [0.25, 0.3) is 0 Å². The number of nitrogens with one attached hydrogen (secondary N) is 1. The zero-order valence-electron chi connectivity index (χ0n) is 14.3. The van der Waals surface area contributed by atoms with Crippen molar-refractivity contribution in [2.45, 2.75) is 11.8 Å². The molecule has 27 heavy (non-hydrogen) atoms. The molecule has 1 N–H and O–H groups in total. The molecule has 0 aliphatic heterocycles. The van der Waals surface area contributed by atoms with Crippen LogP contribution in [0.3, 0.4) is 0 Å². The van der Waals surface area contributed by atoms with Gasteiger partial charge in [0.05, 0.1) is 12.9 Å². The maximum atomic E-state index is 12.0.